The molecule has 2 heterocycles. The van der Waals surface area contributed by atoms with Crippen molar-refractivity contribution in [2.75, 3.05) is 11.9 Å². The van der Waals surface area contributed by atoms with Crippen LogP contribution < -0.4 is 5.32 Å². The van der Waals surface area contributed by atoms with E-state index in [4.69, 9.17) is 0 Å². The van der Waals surface area contributed by atoms with Crippen molar-refractivity contribution in [1.29, 1.82) is 5.26 Å². The van der Waals surface area contributed by atoms with Gasteiger partial charge in [0.15, 0.2) is 0 Å². The maximum atomic E-state index is 12.6. The van der Waals surface area contributed by atoms with E-state index in [1.54, 1.807) is 11.3 Å². The number of rotatable bonds is 5. The number of aryl methyl sites for hydroxylation is 2. The molecule has 2 aromatic carbocycles. The zero-order valence-electron chi connectivity index (χ0n) is 17.4. The van der Waals surface area contributed by atoms with Gasteiger partial charge in [-0.1, -0.05) is 54.1 Å². The van der Waals surface area contributed by atoms with Gasteiger partial charge in [0.05, 0.1) is 12.0 Å². The standard InChI is InChI=1S/C25H25N3OS/c1-17-7-9-19(10-8-17)13-24(29)27-25-22(14-26)21-11-12-28(16-23(21)30-25)15-20-6-4-3-5-18(20)2/h3-10H,11-13,15-16H2,1-2H3,(H,27,29). The minimum Gasteiger partial charge on any atom is -0.316 e. The highest BCUT2D eigenvalue weighted by molar-refractivity contribution is 7.16. The molecular formula is C25H25N3OS. The summed E-state index contributed by atoms with van der Waals surface area (Å²) >= 11 is 1.55. The highest BCUT2D eigenvalue weighted by Gasteiger charge is 2.25. The Morgan fingerprint density at radius 1 is 1.17 bits per heavy atom. The third kappa shape index (κ3) is 4.46. The minimum absolute atomic E-state index is 0.0780. The number of nitrogens with zero attached hydrogens (tertiary/aromatic N) is 2. The first-order chi connectivity index (χ1) is 14.5. The molecule has 30 heavy (non-hydrogen) atoms. The van der Waals surface area contributed by atoms with E-state index in [-0.39, 0.29) is 5.91 Å². The van der Waals surface area contributed by atoms with Crippen LogP contribution in [-0.2, 0) is 30.7 Å². The van der Waals surface area contributed by atoms with Crippen LogP contribution in [0.15, 0.2) is 48.5 Å². The van der Waals surface area contributed by atoms with Crippen molar-refractivity contribution in [3.05, 3.63) is 86.8 Å². The monoisotopic (exact) mass is 415 g/mol. The summed E-state index contributed by atoms with van der Waals surface area (Å²) in [7, 11) is 0. The minimum atomic E-state index is -0.0780. The highest BCUT2D eigenvalue weighted by atomic mass is 32.1. The molecule has 0 aliphatic carbocycles. The number of fused-ring (bicyclic) bond motifs is 1. The first-order valence-corrected chi connectivity index (χ1v) is 11.0. The van der Waals surface area contributed by atoms with Gasteiger partial charge in [-0.3, -0.25) is 9.69 Å². The molecule has 0 bridgehead atoms. The first kappa shape index (κ1) is 20.3. The number of carbonyl (C=O) groups excluding carboxylic acids is 1. The second kappa shape index (κ2) is 8.83. The fraction of sp³-hybridized carbons (Fsp3) is 0.280. The van der Waals surface area contributed by atoms with Gasteiger partial charge < -0.3 is 5.32 Å². The van der Waals surface area contributed by atoms with Crippen LogP contribution in [0.4, 0.5) is 5.00 Å². The molecule has 152 valence electrons. The summed E-state index contributed by atoms with van der Waals surface area (Å²) in [6.45, 7) is 6.81. The average molecular weight is 416 g/mol. The van der Waals surface area contributed by atoms with Crippen molar-refractivity contribution in [2.45, 2.75) is 39.8 Å². The Morgan fingerprint density at radius 3 is 2.67 bits per heavy atom. The Bertz CT molecular complexity index is 1110. The topological polar surface area (TPSA) is 56.1 Å². The number of amides is 1. The summed E-state index contributed by atoms with van der Waals surface area (Å²) in [6.07, 6.45) is 1.15. The number of carbonyl (C=O) groups is 1. The van der Waals surface area contributed by atoms with Crippen molar-refractivity contribution in [1.82, 2.24) is 4.90 Å². The number of nitrogens with one attached hydrogen (secondary N) is 1. The Hall–Kier alpha value is -2.94. The molecule has 1 amide bonds. The molecule has 0 saturated heterocycles. The molecule has 1 aliphatic heterocycles. The Balaban J connectivity index is 1.47. The average Bonchev–Trinajstić information content (AvgIpc) is 3.07. The second-order valence-corrected chi connectivity index (χ2v) is 9.02. The maximum absolute atomic E-state index is 12.6. The van der Waals surface area contributed by atoms with Gasteiger partial charge in [0.25, 0.3) is 0 Å². The van der Waals surface area contributed by atoms with E-state index in [0.29, 0.717) is 17.0 Å². The molecule has 0 spiro atoms. The van der Waals surface area contributed by atoms with Crippen LogP contribution in [0.3, 0.4) is 0 Å². The van der Waals surface area contributed by atoms with E-state index in [1.807, 2.05) is 31.2 Å². The van der Waals surface area contributed by atoms with Crippen molar-refractivity contribution in [3.63, 3.8) is 0 Å². The molecule has 0 saturated carbocycles. The molecule has 1 N–H and O–H groups in total. The molecule has 1 aromatic heterocycles. The molecule has 4 rings (SSSR count). The van der Waals surface area contributed by atoms with Gasteiger partial charge in [-0.15, -0.1) is 11.3 Å². The number of nitriles is 1. The van der Waals surface area contributed by atoms with E-state index in [0.717, 1.165) is 37.2 Å². The Morgan fingerprint density at radius 2 is 1.93 bits per heavy atom. The van der Waals surface area contributed by atoms with E-state index in [2.05, 4.69) is 47.5 Å². The van der Waals surface area contributed by atoms with Crippen molar-refractivity contribution in [2.24, 2.45) is 0 Å². The fourth-order valence-electron chi connectivity index (χ4n) is 3.89. The van der Waals surface area contributed by atoms with E-state index in [9.17, 15) is 10.1 Å². The SMILES string of the molecule is Cc1ccc(CC(=O)Nc2sc3c(c2C#N)CCN(Cc2ccccc2C)C3)cc1. The summed E-state index contributed by atoms with van der Waals surface area (Å²) in [4.78, 5) is 16.2. The van der Waals surface area contributed by atoms with Crippen LogP contribution >= 0.6 is 11.3 Å². The Labute approximate surface area is 181 Å². The third-order valence-corrected chi connectivity index (χ3v) is 6.77. The van der Waals surface area contributed by atoms with Crippen LogP contribution in [0, 0.1) is 25.2 Å². The van der Waals surface area contributed by atoms with Crippen LogP contribution in [0.2, 0.25) is 0 Å². The zero-order chi connectivity index (χ0) is 21.1. The summed E-state index contributed by atoms with van der Waals surface area (Å²) in [6, 6.07) is 18.8. The smallest absolute Gasteiger partial charge is 0.229 e. The molecule has 0 radical (unpaired) electrons. The lowest BCUT2D eigenvalue weighted by Gasteiger charge is -2.27. The number of thiophene rings is 1. The van der Waals surface area contributed by atoms with Crippen molar-refractivity contribution < 1.29 is 4.79 Å². The van der Waals surface area contributed by atoms with Gasteiger partial charge in [-0.05, 0) is 42.5 Å². The molecule has 5 heteroatoms. The van der Waals surface area contributed by atoms with E-state index >= 15 is 0 Å². The zero-order valence-corrected chi connectivity index (χ0v) is 18.2. The number of anilines is 1. The largest absolute Gasteiger partial charge is 0.316 e. The summed E-state index contributed by atoms with van der Waals surface area (Å²) in [5.74, 6) is -0.0780. The lowest BCUT2D eigenvalue weighted by molar-refractivity contribution is -0.115. The molecule has 1 aliphatic rings. The highest BCUT2D eigenvalue weighted by Crippen LogP contribution is 2.37. The van der Waals surface area contributed by atoms with Crippen LogP contribution in [0.1, 0.15) is 38.3 Å². The van der Waals surface area contributed by atoms with Gasteiger partial charge in [0.2, 0.25) is 5.91 Å². The van der Waals surface area contributed by atoms with Gasteiger partial charge in [-0.2, -0.15) is 5.26 Å². The number of benzene rings is 2. The van der Waals surface area contributed by atoms with Crippen molar-refractivity contribution in [3.8, 4) is 6.07 Å². The predicted molar refractivity (Wildman–Crippen MR) is 122 cm³/mol. The molecule has 0 fully saturated rings. The summed E-state index contributed by atoms with van der Waals surface area (Å²) < 4.78 is 0. The van der Waals surface area contributed by atoms with E-state index in [1.165, 1.54) is 21.6 Å². The predicted octanol–water partition coefficient (Wildman–Crippen LogP) is 4.98. The van der Waals surface area contributed by atoms with Gasteiger partial charge >= 0.3 is 0 Å². The van der Waals surface area contributed by atoms with Gasteiger partial charge in [-0.25, -0.2) is 0 Å². The molecular weight excluding hydrogens is 390 g/mol. The summed E-state index contributed by atoms with van der Waals surface area (Å²) in [5, 5.41) is 13.4. The first-order valence-electron chi connectivity index (χ1n) is 10.2. The van der Waals surface area contributed by atoms with E-state index < -0.39 is 0 Å². The molecule has 0 unspecified atom stereocenters. The summed E-state index contributed by atoms with van der Waals surface area (Å²) in [5.41, 5.74) is 6.53. The normalized spacial score (nSPS) is 13.5. The maximum Gasteiger partial charge on any atom is 0.229 e. The number of hydrogen-bond acceptors (Lipinski definition) is 4. The quantitative estimate of drug-likeness (QED) is 0.640. The molecule has 4 nitrogen and oxygen atoms in total. The van der Waals surface area contributed by atoms with Crippen molar-refractivity contribution >= 4 is 22.2 Å². The fourth-order valence-corrected chi connectivity index (χ4v) is 5.14. The third-order valence-electron chi connectivity index (χ3n) is 5.64. The van der Waals surface area contributed by atoms with Crippen LogP contribution in [0.5, 0.6) is 0 Å². The van der Waals surface area contributed by atoms with Crippen LogP contribution in [-0.4, -0.2) is 17.4 Å². The van der Waals surface area contributed by atoms with Gasteiger partial charge in [0, 0.05) is 24.5 Å². The van der Waals surface area contributed by atoms with Crippen LogP contribution in [0.25, 0.3) is 0 Å². The Kier molecular flexibility index (Phi) is 5.98. The number of hydrogen-bond donors (Lipinski definition) is 1. The second-order valence-electron chi connectivity index (χ2n) is 7.92. The van der Waals surface area contributed by atoms with Gasteiger partial charge in [0.1, 0.15) is 11.1 Å². The molecule has 3 aromatic rings. The lowest BCUT2D eigenvalue weighted by atomic mass is 10.0. The molecule has 0 atom stereocenters. The lowest BCUT2D eigenvalue weighted by Crippen LogP contribution is -2.29.